The molecule has 1 fully saturated rings. The quantitative estimate of drug-likeness (QED) is 0.664. The number of nitrogens with one attached hydrogen (secondary N) is 1. The molecule has 0 bridgehead atoms. The van der Waals surface area contributed by atoms with Crippen LogP contribution in [0.2, 0.25) is 0 Å². The first-order chi connectivity index (χ1) is 14.7. The van der Waals surface area contributed by atoms with Gasteiger partial charge in [0, 0.05) is 13.0 Å². The van der Waals surface area contributed by atoms with E-state index < -0.39 is 0 Å². The van der Waals surface area contributed by atoms with E-state index in [-0.39, 0.29) is 24.1 Å². The van der Waals surface area contributed by atoms with E-state index in [0.29, 0.717) is 24.0 Å². The molecule has 2 heterocycles. The van der Waals surface area contributed by atoms with Crippen molar-refractivity contribution in [2.45, 2.75) is 69.9 Å². The van der Waals surface area contributed by atoms with Crippen LogP contribution in [-0.4, -0.2) is 50.8 Å². The smallest absolute Gasteiger partial charge is 0.336 e. The zero-order chi connectivity index (χ0) is 20.8. The highest BCUT2D eigenvalue weighted by atomic mass is 16.7. The fraction of sp³-hybridized carbons (Fsp3) is 0.600. The Morgan fingerprint density at radius 2 is 1.93 bits per heavy atom. The summed E-state index contributed by atoms with van der Waals surface area (Å²) in [4.78, 5) is 29.7. The molecule has 1 saturated carbocycles. The molecule has 2 unspecified atom stereocenters. The summed E-state index contributed by atoms with van der Waals surface area (Å²) in [6, 6.07) is 7.35. The minimum absolute atomic E-state index is 0.119. The molecular formula is C20H27N7O3. The summed E-state index contributed by atoms with van der Waals surface area (Å²) in [6.07, 6.45) is 8.04. The first-order valence-electron chi connectivity index (χ1n) is 10.7. The number of carbonyl (C=O) groups is 2. The van der Waals surface area contributed by atoms with Crippen molar-refractivity contribution in [1.82, 2.24) is 25.5 Å². The number of hydroxylamine groups is 1. The van der Waals surface area contributed by atoms with Gasteiger partial charge in [0.15, 0.2) is 0 Å². The predicted octanol–water partition coefficient (Wildman–Crippen LogP) is 3.39. The minimum Gasteiger partial charge on any atom is -0.336 e. The molecule has 1 amide bonds. The second kappa shape index (κ2) is 9.64. The predicted molar refractivity (Wildman–Crippen MR) is 108 cm³/mol. The molecule has 0 radical (unpaired) electrons. The van der Waals surface area contributed by atoms with E-state index >= 15 is 0 Å². The fourth-order valence-electron chi connectivity index (χ4n) is 3.94. The molecule has 2 atom stereocenters. The van der Waals surface area contributed by atoms with Crippen LogP contribution in [0.5, 0.6) is 0 Å². The Hall–Kier alpha value is -3.04. The van der Waals surface area contributed by atoms with Crippen molar-refractivity contribution in [3.63, 3.8) is 0 Å². The van der Waals surface area contributed by atoms with Gasteiger partial charge in [-0.25, -0.2) is 9.59 Å². The van der Waals surface area contributed by atoms with Gasteiger partial charge in [0.1, 0.15) is 11.6 Å². The van der Waals surface area contributed by atoms with Crippen molar-refractivity contribution < 1.29 is 14.4 Å². The van der Waals surface area contributed by atoms with E-state index in [0.717, 1.165) is 51.4 Å². The summed E-state index contributed by atoms with van der Waals surface area (Å²) >= 11 is 0. The van der Waals surface area contributed by atoms with Gasteiger partial charge in [-0.1, -0.05) is 48.2 Å². The van der Waals surface area contributed by atoms with Gasteiger partial charge >= 0.3 is 12.0 Å². The number of benzene rings is 1. The summed E-state index contributed by atoms with van der Waals surface area (Å²) in [6.45, 7) is 0.550. The highest BCUT2D eigenvalue weighted by Gasteiger charge is 2.37. The van der Waals surface area contributed by atoms with Gasteiger partial charge in [0.2, 0.25) is 0 Å². The summed E-state index contributed by atoms with van der Waals surface area (Å²) in [5.74, 6) is -0.258. The van der Waals surface area contributed by atoms with E-state index in [1.807, 2.05) is 24.3 Å². The van der Waals surface area contributed by atoms with Gasteiger partial charge < -0.3 is 10.2 Å². The number of unbranched alkanes of at least 4 members (excludes halogenated alkanes) is 3. The number of hydrogen-bond donors (Lipinski definition) is 1. The highest BCUT2D eigenvalue weighted by Crippen LogP contribution is 2.31. The number of hydrogen-bond acceptors (Lipinski definition) is 8. The van der Waals surface area contributed by atoms with Crippen LogP contribution in [0.15, 0.2) is 34.6 Å². The molecule has 4 rings (SSSR count). The zero-order valence-electron chi connectivity index (χ0n) is 16.9. The van der Waals surface area contributed by atoms with Crippen molar-refractivity contribution in [3.05, 3.63) is 24.3 Å². The van der Waals surface area contributed by atoms with Crippen LogP contribution in [0.1, 0.15) is 57.8 Å². The third kappa shape index (κ3) is 4.74. The molecule has 0 saturated heterocycles. The summed E-state index contributed by atoms with van der Waals surface area (Å²) in [7, 11) is 0. The van der Waals surface area contributed by atoms with E-state index in [2.05, 4.69) is 26.0 Å². The van der Waals surface area contributed by atoms with Gasteiger partial charge in [-0.15, -0.1) is 5.10 Å². The monoisotopic (exact) mass is 413 g/mol. The SMILES string of the molecule is O=C(CCCCCCNC(=O)n1nnc2ccccc21)ON1N=NC2CCCCC21. The number of para-hydroxylation sites is 1. The van der Waals surface area contributed by atoms with Crippen molar-refractivity contribution in [1.29, 1.82) is 0 Å². The third-order valence-corrected chi connectivity index (χ3v) is 5.59. The van der Waals surface area contributed by atoms with E-state index in [1.165, 1.54) is 9.85 Å². The largest absolute Gasteiger partial charge is 0.344 e. The molecule has 1 aromatic heterocycles. The first-order valence-corrected chi connectivity index (χ1v) is 10.7. The average molecular weight is 413 g/mol. The lowest BCUT2D eigenvalue weighted by Crippen LogP contribution is -2.38. The maximum atomic E-state index is 12.2. The molecule has 2 aliphatic rings. The van der Waals surface area contributed by atoms with Gasteiger partial charge in [-0.3, -0.25) is 0 Å². The Kier molecular flexibility index (Phi) is 6.50. The lowest BCUT2D eigenvalue weighted by molar-refractivity contribution is -0.201. The maximum Gasteiger partial charge on any atom is 0.344 e. The highest BCUT2D eigenvalue weighted by molar-refractivity contribution is 5.87. The van der Waals surface area contributed by atoms with Gasteiger partial charge in [0.25, 0.3) is 0 Å². The Balaban J connectivity index is 1.07. The van der Waals surface area contributed by atoms with Crippen LogP contribution < -0.4 is 5.32 Å². The number of amides is 1. The molecule has 10 heteroatoms. The van der Waals surface area contributed by atoms with E-state index in [1.54, 1.807) is 0 Å². The van der Waals surface area contributed by atoms with E-state index in [4.69, 9.17) is 4.84 Å². The molecule has 30 heavy (non-hydrogen) atoms. The summed E-state index contributed by atoms with van der Waals surface area (Å²) in [5, 5.41) is 20.3. The Bertz CT molecular complexity index is 913. The summed E-state index contributed by atoms with van der Waals surface area (Å²) < 4.78 is 1.28. The van der Waals surface area contributed by atoms with Crippen molar-refractivity contribution in [2.75, 3.05) is 6.54 Å². The summed E-state index contributed by atoms with van der Waals surface area (Å²) in [5.41, 5.74) is 1.37. The van der Waals surface area contributed by atoms with E-state index in [9.17, 15) is 9.59 Å². The molecule has 160 valence electrons. The second-order valence-electron chi connectivity index (χ2n) is 7.78. The topological polar surface area (TPSA) is 114 Å². The normalized spacial score (nSPS) is 20.3. The lowest BCUT2D eigenvalue weighted by Gasteiger charge is -2.27. The second-order valence-corrected chi connectivity index (χ2v) is 7.78. The van der Waals surface area contributed by atoms with Crippen LogP contribution in [0.25, 0.3) is 11.0 Å². The standard InChI is InChI=1S/C20H27N7O3/c28-19(30-27-18-12-7-5-10-16(18)23-25-27)13-3-1-2-8-14-21-20(29)26-17-11-6-4-9-15(17)22-24-26/h4,6,9,11,16,18H,1-3,5,7-8,10,12-14H2,(H,21,29). The van der Waals surface area contributed by atoms with Crippen molar-refractivity contribution in [2.24, 2.45) is 10.3 Å². The van der Waals surface area contributed by atoms with Crippen molar-refractivity contribution >= 4 is 23.0 Å². The molecule has 1 N–H and O–H groups in total. The molecule has 1 aliphatic carbocycles. The lowest BCUT2D eigenvalue weighted by atomic mass is 9.92. The molecule has 0 spiro atoms. The van der Waals surface area contributed by atoms with Crippen LogP contribution in [-0.2, 0) is 9.63 Å². The Morgan fingerprint density at radius 3 is 2.87 bits per heavy atom. The minimum atomic E-state index is -0.284. The van der Waals surface area contributed by atoms with Gasteiger partial charge in [-0.2, -0.15) is 9.80 Å². The number of carbonyl (C=O) groups excluding carboxylic acids is 2. The van der Waals surface area contributed by atoms with Crippen molar-refractivity contribution in [3.8, 4) is 0 Å². The van der Waals surface area contributed by atoms with Crippen LogP contribution >= 0.6 is 0 Å². The molecule has 1 aliphatic heterocycles. The van der Waals surface area contributed by atoms with Crippen LogP contribution in [0.3, 0.4) is 0 Å². The van der Waals surface area contributed by atoms with Crippen LogP contribution in [0.4, 0.5) is 4.79 Å². The Labute approximate surface area is 174 Å². The van der Waals surface area contributed by atoms with Gasteiger partial charge in [0.05, 0.1) is 11.6 Å². The molecule has 1 aromatic carbocycles. The number of nitrogens with zero attached hydrogens (tertiary/aromatic N) is 6. The zero-order valence-corrected chi connectivity index (χ0v) is 16.9. The number of aromatic nitrogens is 3. The Morgan fingerprint density at radius 1 is 1.10 bits per heavy atom. The van der Waals surface area contributed by atoms with Crippen LogP contribution in [0, 0.1) is 0 Å². The number of fused-ring (bicyclic) bond motifs is 2. The van der Waals surface area contributed by atoms with Gasteiger partial charge in [-0.05, 0) is 43.0 Å². The first kappa shape index (κ1) is 20.2. The molecule has 10 nitrogen and oxygen atoms in total. The third-order valence-electron chi connectivity index (χ3n) is 5.59. The maximum absolute atomic E-state index is 12.2. The molecule has 2 aromatic rings. The fourth-order valence-corrected chi connectivity index (χ4v) is 3.94. The molecular weight excluding hydrogens is 386 g/mol. The number of rotatable bonds is 8. The average Bonchev–Trinajstić information content (AvgIpc) is 3.37.